The van der Waals surface area contributed by atoms with Gasteiger partial charge in [-0.3, -0.25) is 0 Å². The molecule has 0 radical (unpaired) electrons. The Balaban J connectivity index is 3.65. The van der Waals surface area contributed by atoms with Crippen molar-refractivity contribution in [2.75, 3.05) is 46.8 Å². The van der Waals surface area contributed by atoms with Crippen molar-refractivity contribution >= 4 is 0 Å². The zero-order chi connectivity index (χ0) is 16.8. The second-order valence-electron chi connectivity index (χ2n) is 5.63. The van der Waals surface area contributed by atoms with Gasteiger partial charge >= 0.3 is 0 Å². The van der Waals surface area contributed by atoms with E-state index in [2.05, 4.69) is 12.6 Å². The molecule has 2 unspecified atom stereocenters. The maximum atomic E-state index is 9.73. The number of hydrogen-bond donors (Lipinski definition) is 1. The molecule has 0 rings (SSSR count). The molecule has 0 bridgehead atoms. The Bertz CT molecular complexity index is 327. The Kier molecular flexibility index (Phi) is 12.0. The van der Waals surface area contributed by atoms with E-state index in [1.165, 1.54) is 0 Å². The molecule has 1 N–H and O–H groups in total. The molecule has 0 aromatic rings. The van der Waals surface area contributed by atoms with Crippen molar-refractivity contribution in [3.05, 3.63) is 12.7 Å². The summed E-state index contributed by atoms with van der Waals surface area (Å²) in [7, 11) is 1.66. The van der Waals surface area contributed by atoms with Crippen LogP contribution in [0.2, 0.25) is 0 Å². The average molecular weight is 315 g/mol. The normalized spacial score (nSPS) is 14.3. The molecule has 0 aliphatic heterocycles. The van der Waals surface area contributed by atoms with Gasteiger partial charge in [0, 0.05) is 13.7 Å². The fourth-order valence-corrected chi connectivity index (χ4v) is 1.45. The van der Waals surface area contributed by atoms with Gasteiger partial charge in [0.15, 0.2) is 0 Å². The van der Waals surface area contributed by atoms with E-state index < -0.39 is 6.10 Å². The quantitative estimate of drug-likeness (QED) is 0.387. The van der Waals surface area contributed by atoms with Gasteiger partial charge in [0.1, 0.15) is 6.10 Å². The van der Waals surface area contributed by atoms with Crippen molar-refractivity contribution in [3.63, 3.8) is 0 Å². The van der Waals surface area contributed by atoms with Crippen LogP contribution in [0.25, 0.3) is 0 Å². The van der Waals surface area contributed by atoms with Crippen LogP contribution in [0.15, 0.2) is 12.7 Å². The number of aliphatic hydroxyl groups excluding tert-OH is 1. The first kappa shape index (κ1) is 21.0. The van der Waals surface area contributed by atoms with Gasteiger partial charge in [-0.05, 0) is 20.3 Å². The monoisotopic (exact) mass is 315 g/mol. The Morgan fingerprint density at radius 1 is 1.18 bits per heavy atom. The van der Waals surface area contributed by atoms with Gasteiger partial charge in [-0.1, -0.05) is 6.08 Å². The molecule has 6 heteroatoms. The molecule has 0 saturated heterocycles. The smallest absolute Gasteiger partial charge is 0.101 e. The van der Waals surface area contributed by atoms with E-state index in [1.807, 2.05) is 13.8 Å². The van der Waals surface area contributed by atoms with E-state index in [-0.39, 0.29) is 31.3 Å². The summed E-state index contributed by atoms with van der Waals surface area (Å²) in [6, 6.07) is 2.10. The largest absolute Gasteiger partial charge is 0.388 e. The number of nitriles is 1. The number of ether oxygens (including phenoxy) is 4. The summed E-state index contributed by atoms with van der Waals surface area (Å²) in [5.74, 6) is -0.351. The molecule has 0 fully saturated rings. The Morgan fingerprint density at radius 2 is 1.82 bits per heavy atom. The maximum absolute atomic E-state index is 9.73. The van der Waals surface area contributed by atoms with E-state index in [9.17, 15) is 5.11 Å². The first-order chi connectivity index (χ1) is 10.4. The average Bonchev–Trinajstić information content (AvgIpc) is 2.50. The predicted molar refractivity (Wildman–Crippen MR) is 83.5 cm³/mol. The van der Waals surface area contributed by atoms with Gasteiger partial charge in [-0.2, -0.15) is 5.26 Å². The van der Waals surface area contributed by atoms with Crippen molar-refractivity contribution in [2.24, 2.45) is 5.92 Å². The van der Waals surface area contributed by atoms with Crippen LogP contribution in [0, 0.1) is 17.2 Å². The minimum atomic E-state index is -0.709. The Labute approximate surface area is 133 Å². The predicted octanol–water partition coefficient (Wildman–Crippen LogP) is 1.54. The second-order valence-corrected chi connectivity index (χ2v) is 5.63. The van der Waals surface area contributed by atoms with Gasteiger partial charge in [0.05, 0.1) is 50.6 Å². The van der Waals surface area contributed by atoms with Crippen LogP contribution in [-0.4, -0.2) is 63.6 Å². The van der Waals surface area contributed by atoms with Crippen LogP contribution in [0.1, 0.15) is 20.3 Å². The Morgan fingerprint density at radius 3 is 2.41 bits per heavy atom. The molecule has 0 saturated carbocycles. The van der Waals surface area contributed by atoms with E-state index >= 15 is 0 Å². The maximum Gasteiger partial charge on any atom is 0.101 e. The second kappa shape index (κ2) is 12.6. The van der Waals surface area contributed by atoms with Gasteiger partial charge < -0.3 is 24.1 Å². The lowest BCUT2D eigenvalue weighted by Gasteiger charge is -2.22. The summed E-state index contributed by atoms with van der Waals surface area (Å²) in [4.78, 5) is 0. The fourth-order valence-electron chi connectivity index (χ4n) is 1.45. The molecule has 6 nitrogen and oxygen atoms in total. The lowest BCUT2D eigenvalue weighted by Crippen LogP contribution is -2.27. The number of nitrogens with zero attached hydrogens (tertiary/aromatic N) is 1. The molecule has 0 aliphatic carbocycles. The molecule has 0 aromatic heterocycles. The van der Waals surface area contributed by atoms with Gasteiger partial charge in [-0.15, -0.1) is 6.58 Å². The molecule has 2 atom stereocenters. The third-order valence-corrected chi connectivity index (χ3v) is 3.08. The fraction of sp³-hybridized carbons (Fsp3) is 0.812. The third-order valence-electron chi connectivity index (χ3n) is 3.08. The van der Waals surface area contributed by atoms with E-state index in [0.717, 1.165) is 6.42 Å². The first-order valence-electron chi connectivity index (χ1n) is 7.42. The lowest BCUT2D eigenvalue weighted by molar-refractivity contribution is -0.0465. The van der Waals surface area contributed by atoms with Gasteiger partial charge in [0.25, 0.3) is 0 Å². The van der Waals surface area contributed by atoms with Crippen LogP contribution in [0.4, 0.5) is 0 Å². The molecule has 0 spiro atoms. The van der Waals surface area contributed by atoms with Crippen molar-refractivity contribution in [2.45, 2.75) is 32.0 Å². The minimum absolute atomic E-state index is 0.132. The summed E-state index contributed by atoms with van der Waals surface area (Å²) in [5, 5.41) is 18.7. The van der Waals surface area contributed by atoms with Crippen LogP contribution in [0.5, 0.6) is 0 Å². The van der Waals surface area contributed by atoms with Crippen LogP contribution < -0.4 is 0 Å². The highest BCUT2D eigenvalue weighted by Gasteiger charge is 2.16. The van der Waals surface area contributed by atoms with Crippen LogP contribution >= 0.6 is 0 Å². The minimum Gasteiger partial charge on any atom is -0.388 e. The highest BCUT2D eigenvalue weighted by atomic mass is 16.5. The highest BCUT2D eigenvalue weighted by molar-refractivity contribution is 4.82. The van der Waals surface area contributed by atoms with Crippen LogP contribution in [-0.2, 0) is 18.9 Å². The van der Waals surface area contributed by atoms with E-state index in [0.29, 0.717) is 19.8 Å². The SMILES string of the molecule is C=CCOCC(C#N)COCC(O)COCCC(C)(C)OC. The number of aliphatic hydroxyl groups is 1. The summed E-state index contributed by atoms with van der Waals surface area (Å²) in [5.41, 5.74) is -0.229. The third kappa shape index (κ3) is 11.7. The molecule has 128 valence electrons. The summed E-state index contributed by atoms with van der Waals surface area (Å²) >= 11 is 0. The molecule has 22 heavy (non-hydrogen) atoms. The number of rotatable bonds is 14. The topological polar surface area (TPSA) is 80.9 Å². The summed E-state index contributed by atoms with van der Waals surface area (Å²) < 4.78 is 21.2. The van der Waals surface area contributed by atoms with Crippen molar-refractivity contribution in [1.82, 2.24) is 0 Å². The van der Waals surface area contributed by atoms with Gasteiger partial charge in [-0.25, -0.2) is 0 Å². The molecule has 0 amide bonds. The number of methoxy groups -OCH3 is 1. The summed E-state index contributed by atoms with van der Waals surface area (Å²) in [6.07, 6.45) is 1.66. The van der Waals surface area contributed by atoms with Crippen molar-refractivity contribution < 1.29 is 24.1 Å². The van der Waals surface area contributed by atoms with E-state index in [1.54, 1.807) is 13.2 Å². The molecular formula is C16H29NO5. The molecule has 0 aliphatic rings. The lowest BCUT2D eigenvalue weighted by atomic mass is 10.1. The van der Waals surface area contributed by atoms with Gasteiger partial charge in [0.2, 0.25) is 0 Å². The van der Waals surface area contributed by atoms with Crippen molar-refractivity contribution in [3.8, 4) is 6.07 Å². The Hall–Kier alpha value is -0.970. The number of hydrogen-bond acceptors (Lipinski definition) is 6. The zero-order valence-corrected chi connectivity index (χ0v) is 13.9. The molecule has 0 heterocycles. The standard InChI is InChI=1S/C16H29NO5/c1-5-7-20-10-14(9-17)11-22-13-15(18)12-21-8-6-16(2,3)19-4/h5,14-15,18H,1,6-8,10-13H2,2-4H3. The van der Waals surface area contributed by atoms with Crippen molar-refractivity contribution in [1.29, 1.82) is 5.26 Å². The summed E-state index contributed by atoms with van der Waals surface area (Å²) in [6.45, 7) is 9.25. The first-order valence-corrected chi connectivity index (χ1v) is 7.42. The molecule has 0 aromatic carbocycles. The molecular weight excluding hydrogens is 286 g/mol. The van der Waals surface area contributed by atoms with Crippen LogP contribution in [0.3, 0.4) is 0 Å². The zero-order valence-electron chi connectivity index (χ0n) is 13.9. The highest BCUT2D eigenvalue weighted by Crippen LogP contribution is 2.12. The van der Waals surface area contributed by atoms with E-state index in [4.69, 9.17) is 24.2 Å².